The van der Waals surface area contributed by atoms with Gasteiger partial charge in [-0.2, -0.15) is 0 Å². The molecule has 4 rings (SSSR count). The Morgan fingerprint density at radius 3 is 2.00 bits per heavy atom. The second-order valence-corrected chi connectivity index (χ2v) is 7.72. The lowest BCUT2D eigenvalue weighted by molar-refractivity contribution is -0.147. The summed E-state index contributed by atoms with van der Waals surface area (Å²) in [4.78, 5) is 28.9. The Morgan fingerprint density at radius 2 is 1.47 bits per heavy atom. The molecule has 30 heavy (non-hydrogen) atoms. The molecule has 2 aliphatic heterocycles. The van der Waals surface area contributed by atoms with Crippen LogP contribution in [-0.2, 0) is 19.1 Å². The predicted octanol–water partition coefficient (Wildman–Crippen LogP) is 2.64. The van der Waals surface area contributed by atoms with E-state index in [0.29, 0.717) is 32.8 Å². The molecule has 0 aliphatic carbocycles. The van der Waals surface area contributed by atoms with Crippen molar-refractivity contribution in [2.45, 2.75) is 25.0 Å². The summed E-state index contributed by atoms with van der Waals surface area (Å²) in [6.07, 6.45) is 1.15. The Balaban J connectivity index is 1.32. The number of piperazine rings is 1. The van der Waals surface area contributed by atoms with E-state index < -0.39 is 0 Å². The van der Waals surface area contributed by atoms with Crippen molar-refractivity contribution in [3.8, 4) is 0 Å². The van der Waals surface area contributed by atoms with Gasteiger partial charge in [-0.1, -0.05) is 60.7 Å². The normalized spacial score (nSPS) is 19.3. The molecule has 0 aromatic heterocycles. The first-order chi connectivity index (χ1) is 14.7. The number of ether oxygens (including phenoxy) is 2. The van der Waals surface area contributed by atoms with Gasteiger partial charge < -0.3 is 19.3 Å². The molecule has 0 saturated carbocycles. The summed E-state index contributed by atoms with van der Waals surface area (Å²) in [5.41, 5.74) is 2.03. The quantitative estimate of drug-likeness (QED) is 0.737. The average Bonchev–Trinajstić information content (AvgIpc) is 3.35. The van der Waals surface area contributed by atoms with E-state index in [-0.39, 0.29) is 30.6 Å². The molecule has 2 aromatic carbocycles. The molecule has 2 fully saturated rings. The van der Waals surface area contributed by atoms with Gasteiger partial charge in [0.2, 0.25) is 5.91 Å². The van der Waals surface area contributed by atoms with Crippen molar-refractivity contribution in [2.75, 3.05) is 39.4 Å². The molecule has 1 atom stereocenters. The molecule has 2 aromatic rings. The third-order valence-electron chi connectivity index (χ3n) is 5.73. The molecular weight excluding hydrogens is 380 g/mol. The maximum Gasteiger partial charge on any atom is 0.251 e. The van der Waals surface area contributed by atoms with Gasteiger partial charge >= 0.3 is 0 Å². The molecule has 158 valence electrons. The van der Waals surface area contributed by atoms with Crippen LogP contribution < -0.4 is 0 Å². The number of hydrogen-bond donors (Lipinski definition) is 0. The lowest BCUT2D eigenvalue weighted by atomic mass is 10.0. The van der Waals surface area contributed by atoms with Crippen molar-refractivity contribution in [1.82, 2.24) is 9.80 Å². The van der Waals surface area contributed by atoms with E-state index in [9.17, 15) is 9.59 Å². The smallest absolute Gasteiger partial charge is 0.251 e. The Kier molecular flexibility index (Phi) is 6.77. The van der Waals surface area contributed by atoms with Gasteiger partial charge in [-0.05, 0) is 24.0 Å². The molecule has 0 spiro atoms. The fourth-order valence-electron chi connectivity index (χ4n) is 4.04. The number of benzene rings is 2. The van der Waals surface area contributed by atoms with Gasteiger partial charge in [0.25, 0.3) is 5.91 Å². The zero-order valence-corrected chi connectivity index (χ0v) is 17.1. The lowest BCUT2D eigenvalue weighted by Crippen LogP contribution is -2.53. The standard InChI is InChI=1S/C24H28N2O4/c27-22(25-13-15-26(16-14-25)24(28)21-12-7-17-29-21)18-30-23(19-8-3-1-4-9-19)20-10-5-2-6-11-20/h1-6,8-11,21,23H,7,12-18H2. The van der Waals surface area contributed by atoms with Crippen LogP contribution in [0.15, 0.2) is 60.7 Å². The summed E-state index contributed by atoms with van der Waals surface area (Å²) in [5, 5.41) is 0. The van der Waals surface area contributed by atoms with Gasteiger partial charge in [-0.25, -0.2) is 0 Å². The van der Waals surface area contributed by atoms with E-state index in [1.165, 1.54) is 0 Å². The number of amides is 2. The minimum Gasteiger partial charge on any atom is -0.368 e. The molecule has 6 nitrogen and oxygen atoms in total. The van der Waals surface area contributed by atoms with Crippen molar-refractivity contribution in [1.29, 1.82) is 0 Å². The van der Waals surface area contributed by atoms with Gasteiger partial charge in [0.1, 0.15) is 18.8 Å². The minimum absolute atomic E-state index is 0.00807. The summed E-state index contributed by atoms with van der Waals surface area (Å²) in [6, 6.07) is 19.9. The number of carbonyl (C=O) groups excluding carboxylic acids is 2. The molecular formula is C24H28N2O4. The highest BCUT2D eigenvalue weighted by molar-refractivity contribution is 5.82. The molecule has 1 unspecified atom stereocenters. The van der Waals surface area contributed by atoms with Crippen molar-refractivity contribution < 1.29 is 19.1 Å². The minimum atomic E-state index is -0.298. The largest absolute Gasteiger partial charge is 0.368 e. The van der Waals surface area contributed by atoms with Crippen molar-refractivity contribution in [3.05, 3.63) is 71.8 Å². The number of carbonyl (C=O) groups is 2. The first kappa shape index (κ1) is 20.6. The van der Waals surface area contributed by atoms with Crippen LogP contribution in [0.2, 0.25) is 0 Å². The lowest BCUT2D eigenvalue weighted by Gasteiger charge is -2.36. The first-order valence-electron chi connectivity index (χ1n) is 10.6. The van der Waals surface area contributed by atoms with Gasteiger partial charge in [0.05, 0.1) is 0 Å². The topological polar surface area (TPSA) is 59.1 Å². The molecule has 2 aliphatic rings. The van der Waals surface area contributed by atoms with Gasteiger partial charge in [0, 0.05) is 32.8 Å². The summed E-state index contributed by atoms with van der Waals surface area (Å²) < 4.78 is 11.6. The van der Waals surface area contributed by atoms with E-state index >= 15 is 0 Å². The van der Waals surface area contributed by atoms with Crippen LogP contribution >= 0.6 is 0 Å². The third-order valence-corrected chi connectivity index (χ3v) is 5.73. The molecule has 0 radical (unpaired) electrons. The number of nitrogens with zero attached hydrogens (tertiary/aromatic N) is 2. The summed E-state index contributed by atoms with van der Waals surface area (Å²) >= 11 is 0. The second kappa shape index (κ2) is 9.87. The molecule has 2 heterocycles. The summed E-state index contributed by atoms with van der Waals surface area (Å²) in [5.74, 6) is 0.0140. The molecule has 2 amide bonds. The van der Waals surface area contributed by atoms with Crippen molar-refractivity contribution in [2.24, 2.45) is 0 Å². The van der Waals surface area contributed by atoms with Crippen LogP contribution in [0.5, 0.6) is 0 Å². The Hall–Kier alpha value is -2.70. The molecule has 0 bridgehead atoms. The van der Waals surface area contributed by atoms with Gasteiger partial charge in [0.15, 0.2) is 0 Å². The Morgan fingerprint density at radius 1 is 0.900 bits per heavy atom. The summed E-state index contributed by atoms with van der Waals surface area (Å²) in [7, 11) is 0. The van der Waals surface area contributed by atoms with Crippen LogP contribution in [0.3, 0.4) is 0 Å². The molecule has 2 saturated heterocycles. The Bertz CT molecular complexity index is 789. The second-order valence-electron chi connectivity index (χ2n) is 7.72. The zero-order valence-electron chi connectivity index (χ0n) is 17.1. The molecule has 6 heteroatoms. The van der Waals surface area contributed by atoms with E-state index in [1.807, 2.05) is 65.6 Å². The van der Waals surface area contributed by atoms with E-state index in [1.54, 1.807) is 4.90 Å². The average molecular weight is 408 g/mol. The van der Waals surface area contributed by atoms with E-state index in [4.69, 9.17) is 9.47 Å². The fourth-order valence-corrected chi connectivity index (χ4v) is 4.04. The van der Waals surface area contributed by atoms with Crippen LogP contribution in [0, 0.1) is 0 Å². The zero-order chi connectivity index (χ0) is 20.8. The van der Waals surface area contributed by atoms with Crippen molar-refractivity contribution in [3.63, 3.8) is 0 Å². The number of rotatable bonds is 6. The third kappa shape index (κ3) is 4.89. The van der Waals surface area contributed by atoms with E-state index in [2.05, 4.69) is 0 Å². The van der Waals surface area contributed by atoms with Crippen LogP contribution in [0.1, 0.15) is 30.1 Å². The highest BCUT2D eigenvalue weighted by Crippen LogP contribution is 2.26. The van der Waals surface area contributed by atoms with Crippen LogP contribution in [0.4, 0.5) is 0 Å². The Labute approximate surface area is 177 Å². The first-order valence-corrected chi connectivity index (χ1v) is 10.6. The highest BCUT2D eigenvalue weighted by Gasteiger charge is 2.31. The van der Waals surface area contributed by atoms with Crippen LogP contribution in [-0.4, -0.2) is 67.1 Å². The van der Waals surface area contributed by atoms with Gasteiger partial charge in [-0.3, -0.25) is 9.59 Å². The SMILES string of the molecule is O=C(COC(c1ccccc1)c1ccccc1)N1CCN(C(=O)C2CCCO2)CC1. The van der Waals surface area contributed by atoms with Gasteiger partial charge in [-0.15, -0.1) is 0 Å². The summed E-state index contributed by atoms with van der Waals surface area (Å²) in [6.45, 7) is 2.82. The fraction of sp³-hybridized carbons (Fsp3) is 0.417. The maximum atomic E-state index is 12.8. The monoisotopic (exact) mass is 408 g/mol. The van der Waals surface area contributed by atoms with Crippen molar-refractivity contribution >= 4 is 11.8 Å². The predicted molar refractivity (Wildman–Crippen MR) is 113 cm³/mol. The number of hydrogen-bond acceptors (Lipinski definition) is 4. The van der Waals surface area contributed by atoms with Crippen LogP contribution in [0.25, 0.3) is 0 Å². The molecule has 0 N–H and O–H groups in total. The van der Waals surface area contributed by atoms with E-state index in [0.717, 1.165) is 24.0 Å². The highest BCUT2D eigenvalue weighted by atomic mass is 16.5. The maximum absolute atomic E-state index is 12.8.